The van der Waals surface area contributed by atoms with Crippen molar-refractivity contribution in [1.29, 1.82) is 0 Å². The van der Waals surface area contributed by atoms with Crippen LogP contribution < -0.4 is 16.0 Å². The molecule has 0 bridgehead atoms. The van der Waals surface area contributed by atoms with Gasteiger partial charge >= 0.3 is 0 Å². The van der Waals surface area contributed by atoms with Crippen LogP contribution in [0.3, 0.4) is 0 Å². The van der Waals surface area contributed by atoms with Gasteiger partial charge in [-0.15, -0.1) is 12.4 Å². The Morgan fingerprint density at radius 1 is 1.38 bits per heavy atom. The highest BCUT2D eigenvalue weighted by molar-refractivity contribution is 5.93. The summed E-state index contributed by atoms with van der Waals surface area (Å²) in [7, 11) is 0. The quantitative estimate of drug-likeness (QED) is 0.797. The van der Waals surface area contributed by atoms with Gasteiger partial charge in [-0.25, -0.2) is 4.39 Å². The number of rotatable bonds is 4. The zero-order valence-corrected chi connectivity index (χ0v) is 12.6. The third-order valence-corrected chi connectivity index (χ3v) is 3.20. The number of nitrogens with one attached hydrogen (secondary N) is 3. The van der Waals surface area contributed by atoms with Crippen molar-refractivity contribution >= 4 is 35.6 Å². The molecule has 116 valence electrons. The number of halogens is 2. The molecule has 1 heterocycles. The second-order valence-corrected chi connectivity index (χ2v) is 4.99. The predicted molar refractivity (Wildman–Crippen MR) is 82.2 cm³/mol. The summed E-state index contributed by atoms with van der Waals surface area (Å²) in [5, 5.41) is 8.29. The molecular weight excluding hydrogens is 297 g/mol. The largest absolute Gasteiger partial charge is 0.326 e. The summed E-state index contributed by atoms with van der Waals surface area (Å²) in [5.41, 5.74) is 0.545. The Balaban J connectivity index is 0.00000220. The van der Waals surface area contributed by atoms with Crippen molar-refractivity contribution in [3.63, 3.8) is 0 Å². The molecule has 1 fully saturated rings. The molecule has 0 radical (unpaired) electrons. The van der Waals surface area contributed by atoms with Crippen LogP contribution in [0.1, 0.15) is 19.8 Å². The second kappa shape index (κ2) is 7.95. The van der Waals surface area contributed by atoms with Gasteiger partial charge in [0.2, 0.25) is 11.8 Å². The van der Waals surface area contributed by atoms with E-state index >= 15 is 0 Å². The third-order valence-electron chi connectivity index (χ3n) is 3.20. The number of hydrogen-bond donors (Lipinski definition) is 3. The Labute approximate surface area is 129 Å². The molecule has 1 aromatic carbocycles. The van der Waals surface area contributed by atoms with E-state index in [1.165, 1.54) is 25.1 Å². The first-order valence-electron chi connectivity index (χ1n) is 6.62. The maximum Gasteiger partial charge on any atom is 0.224 e. The normalized spacial score (nSPS) is 17.0. The highest BCUT2D eigenvalue weighted by atomic mass is 35.5. The van der Waals surface area contributed by atoms with Gasteiger partial charge in [0.15, 0.2) is 0 Å². The molecule has 0 aliphatic carbocycles. The Bertz CT molecular complexity index is 519. The van der Waals surface area contributed by atoms with Crippen molar-refractivity contribution in [1.82, 2.24) is 5.32 Å². The molecule has 0 saturated carbocycles. The highest BCUT2D eigenvalue weighted by Crippen LogP contribution is 2.21. The van der Waals surface area contributed by atoms with Crippen LogP contribution in [0, 0.1) is 11.7 Å². The lowest BCUT2D eigenvalue weighted by Gasteiger charge is -2.11. The molecule has 3 N–H and O–H groups in total. The fourth-order valence-electron chi connectivity index (χ4n) is 2.25. The predicted octanol–water partition coefficient (Wildman–Crippen LogP) is 2.14. The maximum atomic E-state index is 13.6. The van der Waals surface area contributed by atoms with Gasteiger partial charge in [0.05, 0.1) is 5.69 Å². The van der Waals surface area contributed by atoms with E-state index in [0.717, 1.165) is 19.5 Å². The number of anilines is 2. The first kappa shape index (κ1) is 17.4. The van der Waals surface area contributed by atoms with Crippen LogP contribution in [0.25, 0.3) is 0 Å². The summed E-state index contributed by atoms with van der Waals surface area (Å²) >= 11 is 0. The first-order chi connectivity index (χ1) is 9.54. The van der Waals surface area contributed by atoms with Crippen molar-refractivity contribution in [2.75, 3.05) is 23.7 Å². The molecule has 1 saturated heterocycles. The fourth-order valence-corrected chi connectivity index (χ4v) is 2.25. The number of benzene rings is 1. The van der Waals surface area contributed by atoms with Gasteiger partial charge in [-0.1, -0.05) is 0 Å². The van der Waals surface area contributed by atoms with Crippen LogP contribution in [0.2, 0.25) is 0 Å². The molecule has 2 amide bonds. The van der Waals surface area contributed by atoms with E-state index in [2.05, 4.69) is 16.0 Å². The molecule has 7 heteroatoms. The summed E-state index contributed by atoms with van der Waals surface area (Å²) in [6.45, 7) is 3.11. The molecule has 0 spiro atoms. The van der Waals surface area contributed by atoms with Crippen molar-refractivity contribution in [3.8, 4) is 0 Å². The number of hydrogen-bond acceptors (Lipinski definition) is 3. The van der Waals surface area contributed by atoms with E-state index in [0.29, 0.717) is 18.0 Å². The molecular formula is C14H19ClFN3O2. The lowest BCUT2D eigenvalue weighted by atomic mass is 10.0. The SMILES string of the molecule is CC(=O)Nc1ccc(F)c(NC(=O)CC2CCNC2)c1.Cl. The van der Waals surface area contributed by atoms with Gasteiger partial charge < -0.3 is 16.0 Å². The van der Waals surface area contributed by atoms with E-state index in [-0.39, 0.29) is 29.9 Å². The molecule has 1 aliphatic rings. The van der Waals surface area contributed by atoms with E-state index in [9.17, 15) is 14.0 Å². The monoisotopic (exact) mass is 315 g/mol. The molecule has 1 atom stereocenters. The van der Waals surface area contributed by atoms with E-state index < -0.39 is 5.82 Å². The summed E-state index contributed by atoms with van der Waals surface area (Å²) in [6.07, 6.45) is 1.33. The van der Waals surface area contributed by atoms with Crippen molar-refractivity contribution in [3.05, 3.63) is 24.0 Å². The minimum absolute atomic E-state index is 0. The third kappa shape index (κ3) is 5.32. The second-order valence-electron chi connectivity index (χ2n) is 4.99. The average Bonchev–Trinajstić information content (AvgIpc) is 2.85. The molecule has 2 rings (SSSR count). The van der Waals surface area contributed by atoms with Crippen LogP contribution in [0.5, 0.6) is 0 Å². The summed E-state index contributed by atoms with van der Waals surface area (Å²) in [6, 6.07) is 4.09. The van der Waals surface area contributed by atoms with E-state index in [4.69, 9.17) is 0 Å². The fraction of sp³-hybridized carbons (Fsp3) is 0.429. The number of carbonyl (C=O) groups excluding carboxylic acids is 2. The molecule has 0 aromatic heterocycles. The van der Waals surface area contributed by atoms with Gasteiger partial charge in [-0.2, -0.15) is 0 Å². The van der Waals surface area contributed by atoms with Gasteiger partial charge in [0, 0.05) is 19.0 Å². The van der Waals surface area contributed by atoms with Crippen molar-refractivity contribution in [2.24, 2.45) is 5.92 Å². The minimum Gasteiger partial charge on any atom is -0.326 e. The Kier molecular flexibility index (Phi) is 6.58. The number of amides is 2. The lowest BCUT2D eigenvalue weighted by molar-refractivity contribution is -0.117. The standard InChI is InChI=1S/C14H18FN3O2.ClH/c1-9(19)17-11-2-3-12(15)13(7-11)18-14(20)6-10-4-5-16-8-10;/h2-3,7,10,16H,4-6,8H2,1H3,(H,17,19)(H,18,20);1H. The Morgan fingerprint density at radius 3 is 2.76 bits per heavy atom. The van der Waals surface area contributed by atoms with Crippen LogP contribution in [0.15, 0.2) is 18.2 Å². The van der Waals surface area contributed by atoms with Gasteiger partial charge in [0.1, 0.15) is 5.82 Å². The molecule has 1 aliphatic heterocycles. The molecule has 1 aromatic rings. The maximum absolute atomic E-state index is 13.6. The molecule has 5 nitrogen and oxygen atoms in total. The Hall–Kier alpha value is -1.66. The Morgan fingerprint density at radius 2 is 2.14 bits per heavy atom. The smallest absolute Gasteiger partial charge is 0.224 e. The first-order valence-corrected chi connectivity index (χ1v) is 6.62. The minimum atomic E-state index is -0.517. The summed E-state index contributed by atoms with van der Waals surface area (Å²) < 4.78 is 13.6. The van der Waals surface area contributed by atoms with Crippen LogP contribution in [-0.4, -0.2) is 24.9 Å². The van der Waals surface area contributed by atoms with Crippen molar-refractivity contribution < 1.29 is 14.0 Å². The molecule has 21 heavy (non-hydrogen) atoms. The summed E-state index contributed by atoms with van der Waals surface area (Å²) in [5.74, 6) is -0.669. The van der Waals surface area contributed by atoms with E-state index in [1.807, 2.05) is 0 Å². The number of carbonyl (C=O) groups is 2. The van der Waals surface area contributed by atoms with Gasteiger partial charge in [-0.3, -0.25) is 9.59 Å². The van der Waals surface area contributed by atoms with Crippen LogP contribution >= 0.6 is 12.4 Å². The van der Waals surface area contributed by atoms with E-state index in [1.54, 1.807) is 0 Å². The zero-order chi connectivity index (χ0) is 14.5. The summed E-state index contributed by atoms with van der Waals surface area (Å²) in [4.78, 5) is 22.8. The zero-order valence-electron chi connectivity index (χ0n) is 11.7. The van der Waals surface area contributed by atoms with Crippen molar-refractivity contribution in [2.45, 2.75) is 19.8 Å². The van der Waals surface area contributed by atoms with Crippen LogP contribution in [-0.2, 0) is 9.59 Å². The topological polar surface area (TPSA) is 70.2 Å². The van der Waals surface area contributed by atoms with Gasteiger partial charge in [0.25, 0.3) is 0 Å². The van der Waals surface area contributed by atoms with Crippen LogP contribution in [0.4, 0.5) is 15.8 Å². The highest BCUT2D eigenvalue weighted by Gasteiger charge is 2.18. The average molecular weight is 316 g/mol. The van der Waals surface area contributed by atoms with Gasteiger partial charge in [-0.05, 0) is 43.6 Å². The lowest BCUT2D eigenvalue weighted by Crippen LogP contribution is -2.19. The molecule has 1 unspecified atom stereocenters.